The monoisotopic (exact) mass is 354 g/mol. The first-order chi connectivity index (χ1) is 12.5. The molecule has 3 rings (SSSR count). The van der Waals surface area contributed by atoms with Crippen LogP contribution in [0.3, 0.4) is 0 Å². The van der Waals surface area contributed by atoms with Gasteiger partial charge in [-0.15, -0.1) is 0 Å². The maximum Gasteiger partial charge on any atom is 0.337 e. The minimum Gasteiger partial charge on any atom is -0.465 e. The van der Waals surface area contributed by atoms with Crippen LogP contribution in [0.15, 0.2) is 59.1 Å². The lowest BCUT2D eigenvalue weighted by molar-refractivity contribution is -0.115. The van der Waals surface area contributed by atoms with Crippen LogP contribution >= 0.6 is 0 Å². The van der Waals surface area contributed by atoms with Gasteiger partial charge in [0, 0.05) is 17.3 Å². The van der Waals surface area contributed by atoms with Gasteiger partial charge in [-0.2, -0.15) is 0 Å². The number of carbonyl (C=O) groups excluding carboxylic acids is 2. The van der Waals surface area contributed by atoms with Crippen LogP contribution in [-0.4, -0.2) is 24.1 Å². The lowest BCUT2D eigenvalue weighted by Gasteiger charge is -2.04. The molecule has 0 radical (unpaired) electrons. The summed E-state index contributed by atoms with van der Waals surface area (Å²) in [5, 5.41) is 6.56. The van der Waals surface area contributed by atoms with E-state index in [1.54, 1.807) is 42.5 Å². The van der Waals surface area contributed by atoms with Gasteiger partial charge in [-0.25, -0.2) is 9.18 Å². The first-order valence-electron chi connectivity index (χ1n) is 7.75. The Morgan fingerprint density at radius 2 is 1.81 bits per heavy atom. The van der Waals surface area contributed by atoms with E-state index in [0.29, 0.717) is 28.3 Å². The van der Waals surface area contributed by atoms with Crippen molar-refractivity contribution in [2.24, 2.45) is 0 Å². The lowest BCUT2D eigenvalue weighted by Crippen LogP contribution is -2.14. The van der Waals surface area contributed by atoms with Crippen molar-refractivity contribution in [2.45, 2.75) is 6.42 Å². The Labute approximate surface area is 148 Å². The van der Waals surface area contributed by atoms with E-state index >= 15 is 0 Å². The number of rotatable bonds is 5. The van der Waals surface area contributed by atoms with E-state index in [1.807, 2.05) is 0 Å². The first kappa shape index (κ1) is 17.3. The molecule has 0 fully saturated rings. The zero-order valence-electron chi connectivity index (χ0n) is 13.9. The molecule has 6 nitrogen and oxygen atoms in total. The minimum atomic E-state index is -0.446. The molecule has 1 amide bonds. The maximum absolute atomic E-state index is 13.0. The van der Waals surface area contributed by atoms with Gasteiger partial charge in [0.25, 0.3) is 0 Å². The number of nitrogens with one attached hydrogen (secondary N) is 1. The molecular formula is C19H15FN2O4. The second-order valence-corrected chi connectivity index (χ2v) is 5.48. The lowest BCUT2D eigenvalue weighted by atomic mass is 10.1. The van der Waals surface area contributed by atoms with Crippen LogP contribution in [0.4, 0.5) is 10.1 Å². The minimum absolute atomic E-state index is 0.0173. The number of ether oxygens (including phenoxy) is 1. The van der Waals surface area contributed by atoms with Crippen molar-refractivity contribution in [2.75, 3.05) is 12.4 Å². The number of carbonyl (C=O) groups is 2. The third-order valence-electron chi connectivity index (χ3n) is 3.62. The van der Waals surface area contributed by atoms with Gasteiger partial charge in [0.2, 0.25) is 5.91 Å². The smallest absolute Gasteiger partial charge is 0.337 e. The van der Waals surface area contributed by atoms with Gasteiger partial charge >= 0.3 is 5.97 Å². The van der Waals surface area contributed by atoms with Crippen LogP contribution < -0.4 is 5.32 Å². The molecule has 0 spiro atoms. The van der Waals surface area contributed by atoms with E-state index in [9.17, 15) is 14.0 Å². The third kappa shape index (κ3) is 4.13. The molecule has 2 aromatic carbocycles. The largest absolute Gasteiger partial charge is 0.465 e. The molecule has 26 heavy (non-hydrogen) atoms. The molecular weight excluding hydrogens is 339 g/mol. The number of halogens is 1. The van der Waals surface area contributed by atoms with Gasteiger partial charge in [-0.3, -0.25) is 4.79 Å². The molecule has 0 bridgehead atoms. The summed E-state index contributed by atoms with van der Waals surface area (Å²) in [6, 6.07) is 13.8. The van der Waals surface area contributed by atoms with Gasteiger partial charge in [0.1, 0.15) is 5.82 Å². The zero-order valence-corrected chi connectivity index (χ0v) is 13.9. The van der Waals surface area contributed by atoms with Gasteiger partial charge in [0.15, 0.2) is 5.76 Å². The molecule has 7 heteroatoms. The highest BCUT2D eigenvalue weighted by Crippen LogP contribution is 2.21. The Balaban J connectivity index is 1.61. The summed E-state index contributed by atoms with van der Waals surface area (Å²) in [6.07, 6.45) is 0.0173. The van der Waals surface area contributed by atoms with E-state index in [4.69, 9.17) is 4.52 Å². The molecule has 0 saturated carbocycles. The first-order valence-corrected chi connectivity index (χ1v) is 7.75. The molecule has 0 atom stereocenters. The Hall–Kier alpha value is -3.48. The highest BCUT2D eigenvalue weighted by molar-refractivity contribution is 5.93. The van der Waals surface area contributed by atoms with Crippen LogP contribution in [0.25, 0.3) is 11.3 Å². The van der Waals surface area contributed by atoms with Gasteiger partial charge in [0.05, 0.1) is 24.8 Å². The average Bonchev–Trinajstić information content (AvgIpc) is 3.10. The van der Waals surface area contributed by atoms with Gasteiger partial charge < -0.3 is 14.6 Å². The SMILES string of the molecule is COC(=O)c1ccc(NC(=O)Cc2cc(-c3ccc(F)cc3)on2)cc1. The summed E-state index contributed by atoms with van der Waals surface area (Å²) in [5.74, 6) is -0.616. The van der Waals surface area contributed by atoms with E-state index in [-0.39, 0.29) is 18.1 Å². The molecule has 1 heterocycles. The number of methoxy groups -OCH3 is 1. The van der Waals surface area contributed by atoms with Gasteiger partial charge in [-0.1, -0.05) is 5.16 Å². The van der Waals surface area contributed by atoms with E-state index in [1.165, 1.54) is 19.2 Å². The summed E-state index contributed by atoms with van der Waals surface area (Å²) in [4.78, 5) is 23.5. The normalized spacial score (nSPS) is 10.4. The highest BCUT2D eigenvalue weighted by atomic mass is 19.1. The van der Waals surface area contributed by atoms with Crippen molar-refractivity contribution >= 4 is 17.6 Å². The number of aromatic nitrogens is 1. The molecule has 0 aliphatic heterocycles. The quantitative estimate of drug-likeness (QED) is 0.710. The number of amides is 1. The van der Waals surface area contributed by atoms with Crippen LogP contribution in [0.5, 0.6) is 0 Å². The molecule has 1 aromatic heterocycles. The predicted molar refractivity (Wildman–Crippen MR) is 92.0 cm³/mol. The molecule has 0 aliphatic rings. The summed E-state index contributed by atoms with van der Waals surface area (Å²) in [7, 11) is 1.30. The summed E-state index contributed by atoms with van der Waals surface area (Å²) < 4.78 is 22.8. The van der Waals surface area contributed by atoms with Gasteiger partial charge in [-0.05, 0) is 48.5 Å². The van der Waals surface area contributed by atoms with Crippen LogP contribution in [-0.2, 0) is 16.0 Å². The number of benzene rings is 2. The van der Waals surface area contributed by atoms with E-state index in [0.717, 1.165) is 0 Å². The van der Waals surface area contributed by atoms with Crippen molar-refractivity contribution < 1.29 is 23.2 Å². The Bertz CT molecular complexity index is 917. The van der Waals surface area contributed by atoms with Crippen LogP contribution in [0.1, 0.15) is 16.1 Å². The summed E-state index contributed by atoms with van der Waals surface area (Å²) in [6.45, 7) is 0. The molecule has 0 unspecified atom stereocenters. The van der Waals surface area contributed by atoms with E-state index < -0.39 is 5.97 Å². The van der Waals surface area contributed by atoms with Crippen LogP contribution in [0, 0.1) is 5.82 Å². The Morgan fingerprint density at radius 3 is 2.46 bits per heavy atom. The number of nitrogens with zero attached hydrogens (tertiary/aromatic N) is 1. The predicted octanol–water partition coefficient (Wildman–Crippen LogP) is 3.45. The topological polar surface area (TPSA) is 81.4 Å². The molecule has 0 aliphatic carbocycles. The van der Waals surface area contributed by atoms with Crippen molar-refractivity contribution in [3.63, 3.8) is 0 Å². The fourth-order valence-corrected chi connectivity index (χ4v) is 2.32. The van der Waals surface area contributed by atoms with Crippen molar-refractivity contribution in [1.82, 2.24) is 5.16 Å². The van der Waals surface area contributed by atoms with E-state index in [2.05, 4.69) is 15.2 Å². The zero-order chi connectivity index (χ0) is 18.5. The molecule has 132 valence electrons. The van der Waals surface area contributed by atoms with Crippen molar-refractivity contribution in [3.8, 4) is 11.3 Å². The molecule has 3 aromatic rings. The second-order valence-electron chi connectivity index (χ2n) is 5.48. The molecule has 1 N–H and O–H groups in total. The Kier molecular flexibility index (Phi) is 5.07. The fraction of sp³-hybridized carbons (Fsp3) is 0.105. The average molecular weight is 354 g/mol. The number of anilines is 1. The summed E-state index contributed by atoms with van der Waals surface area (Å²) >= 11 is 0. The number of esters is 1. The highest BCUT2D eigenvalue weighted by Gasteiger charge is 2.12. The van der Waals surface area contributed by atoms with Crippen molar-refractivity contribution in [1.29, 1.82) is 0 Å². The maximum atomic E-state index is 13.0. The number of hydrogen-bond acceptors (Lipinski definition) is 5. The fourth-order valence-electron chi connectivity index (χ4n) is 2.32. The van der Waals surface area contributed by atoms with Crippen molar-refractivity contribution in [3.05, 3.63) is 71.7 Å². The Morgan fingerprint density at radius 1 is 1.12 bits per heavy atom. The third-order valence-corrected chi connectivity index (χ3v) is 3.62. The second kappa shape index (κ2) is 7.60. The molecule has 0 saturated heterocycles. The van der Waals surface area contributed by atoms with Crippen LogP contribution in [0.2, 0.25) is 0 Å². The standard InChI is InChI=1S/C19H15FN2O4/c1-25-19(24)13-4-8-15(9-5-13)21-18(23)11-16-10-17(26-22-16)12-2-6-14(20)7-3-12/h2-10H,11H2,1H3,(H,21,23). The number of hydrogen-bond donors (Lipinski definition) is 1. The summed E-state index contributed by atoms with van der Waals surface area (Å²) in [5.41, 5.74) is 2.06.